The van der Waals surface area contributed by atoms with Gasteiger partial charge in [-0.3, -0.25) is 0 Å². The average Bonchev–Trinajstić information content (AvgIpc) is 1.96. The van der Waals surface area contributed by atoms with Gasteiger partial charge in [0.25, 0.3) is 0 Å². The minimum Gasteiger partial charge on any atom is -0.508 e. The van der Waals surface area contributed by atoms with E-state index in [1.807, 2.05) is 19.9 Å². The smallest absolute Gasteiger partial charge is 0.125 e. The van der Waals surface area contributed by atoms with Crippen molar-refractivity contribution in [3.05, 3.63) is 23.3 Å². The fraction of sp³-hybridized carbons (Fsp3) is 0.333. The van der Waals surface area contributed by atoms with Gasteiger partial charge in [0.2, 0.25) is 0 Å². The van der Waals surface area contributed by atoms with Crippen molar-refractivity contribution in [2.75, 3.05) is 7.11 Å². The van der Waals surface area contributed by atoms with Crippen LogP contribution >= 0.6 is 0 Å². The number of aryl methyl sites for hydroxylation is 1. The number of rotatable bonds is 1. The Hall–Kier alpha value is -1.18. The maximum absolute atomic E-state index is 9.33. The summed E-state index contributed by atoms with van der Waals surface area (Å²) in [5, 5.41) is 9.33. The fourth-order valence-corrected chi connectivity index (χ4v) is 1.02. The standard InChI is InChI=1S/C9H12O2/c1-6-4-8(10)7(2)9(5-6)11-3/h4-5,10H,1-3H3. The molecule has 0 aromatic heterocycles. The van der Waals surface area contributed by atoms with E-state index in [1.165, 1.54) is 0 Å². The van der Waals surface area contributed by atoms with E-state index in [-0.39, 0.29) is 0 Å². The van der Waals surface area contributed by atoms with Crippen molar-refractivity contribution in [3.63, 3.8) is 0 Å². The number of phenolic OH excluding ortho intramolecular Hbond substituents is 1. The number of methoxy groups -OCH3 is 1. The molecule has 1 N–H and O–H groups in total. The summed E-state index contributed by atoms with van der Waals surface area (Å²) >= 11 is 0. The monoisotopic (exact) mass is 152 g/mol. The van der Waals surface area contributed by atoms with Gasteiger partial charge < -0.3 is 9.84 Å². The molecule has 0 fully saturated rings. The molecule has 0 amide bonds. The zero-order valence-corrected chi connectivity index (χ0v) is 7.01. The van der Waals surface area contributed by atoms with Crippen molar-refractivity contribution in [1.29, 1.82) is 0 Å². The van der Waals surface area contributed by atoms with Crippen LogP contribution < -0.4 is 4.74 Å². The van der Waals surface area contributed by atoms with Gasteiger partial charge in [-0.25, -0.2) is 0 Å². The Balaban J connectivity index is 3.24. The third-order valence-electron chi connectivity index (χ3n) is 1.70. The van der Waals surface area contributed by atoms with Gasteiger partial charge in [-0.05, 0) is 31.5 Å². The minimum absolute atomic E-state index is 0.293. The van der Waals surface area contributed by atoms with E-state index in [2.05, 4.69) is 0 Å². The molecule has 0 bridgehead atoms. The third-order valence-corrected chi connectivity index (χ3v) is 1.70. The highest BCUT2D eigenvalue weighted by Gasteiger charge is 2.03. The highest BCUT2D eigenvalue weighted by Crippen LogP contribution is 2.27. The van der Waals surface area contributed by atoms with Crippen LogP contribution in [0.25, 0.3) is 0 Å². The minimum atomic E-state index is 0.293. The fourth-order valence-electron chi connectivity index (χ4n) is 1.02. The van der Waals surface area contributed by atoms with E-state index in [9.17, 15) is 5.11 Å². The molecule has 1 aromatic rings. The average molecular weight is 152 g/mol. The van der Waals surface area contributed by atoms with Crippen molar-refractivity contribution in [3.8, 4) is 11.5 Å². The molecule has 0 spiro atoms. The maximum Gasteiger partial charge on any atom is 0.125 e. The molecule has 0 saturated heterocycles. The number of hydrogen-bond donors (Lipinski definition) is 1. The Morgan fingerprint density at radius 2 is 1.91 bits per heavy atom. The second kappa shape index (κ2) is 2.82. The van der Waals surface area contributed by atoms with Crippen molar-refractivity contribution in [1.82, 2.24) is 0 Å². The van der Waals surface area contributed by atoms with Crippen molar-refractivity contribution < 1.29 is 9.84 Å². The van der Waals surface area contributed by atoms with E-state index in [0.29, 0.717) is 5.75 Å². The Bertz CT molecular complexity index is 267. The molecule has 0 aliphatic rings. The zero-order valence-electron chi connectivity index (χ0n) is 7.01. The van der Waals surface area contributed by atoms with E-state index >= 15 is 0 Å². The summed E-state index contributed by atoms with van der Waals surface area (Å²) in [7, 11) is 1.60. The lowest BCUT2D eigenvalue weighted by molar-refractivity contribution is 0.402. The molecular formula is C9H12O2. The first-order valence-corrected chi connectivity index (χ1v) is 3.49. The number of phenols is 1. The van der Waals surface area contributed by atoms with Crippen molar-refractivity contribution in [2.45, 2.75) is 13.8 Å². The van der Waals surface area contributed by atoms with E-state index in [0.717, 1.165) is 16.9 Å². The molecule has 2 heteroatoms. The Labute approximate surface area is 66.4 Å². The van der Waals surface area contributed by atoms with Gasteiger partial charge in [0.15, 0.2) is 0 Å². The molecule has 0 aliphatic carbocycles. The number of aromatic hydroxyl groups is 1. The Kier molecular flexibility index (Phi) is 2.03. The lowest BCUT2D eigenvalue weighted by Gasteiger charge is -2.06. The summed E-state index contributed by atoms with van der Waals surface area (Å²) in [6.07, 6.45) is 0. The molecule has 0 heterocycles. The summed E-state index contributed by atoms with van der Waals surface area (Å²) in [6.45, 7) is 3.75. The van der Waals surface area contributed by atoms with Crippen LogP contribution in [-0.4, -0.2) is 12.2 Å². The second-order valence-electron chi connectivity index (χ2n) is 2.61. The summed E-state index contributed by atoms with van der Waals surface area (Å²) in [5.74, 6) is 1.03. The van der Waals surface area contributed by atoms with Crippen LogP contribution in [0.3, 0.4) is 0 Å². The zero-order chi connectivity index (χ0) is 8.43. The van der Waals surface area contributed by atoms with E-state index < -0.39 is 0 Å². The van der Waals surface area contributed by atoms with Crippen LogP contribution in [0.2, 0.25) is 0 Å². The predicted molar refractivity (Wildman–Crippen MR) is 44.1 cm³/mol. The largest absolute Gasteiger partial charge is 0.508 e. The molecule has 60 valence electrons. The maximum atomic E-state index is 9.33. The van der Waals surface area contributed by atoms with Gasteiger partial charge in [0, 0.05) is 5.56 Å². The number of benzene rings is 1. The van der Waals surface area contributed by atoms with E-state index in [1.54, 1.807) is 13.2 Å². The summed E-state index contributed by atoms with van der Waals surface area (Å²) in [4.78, 5) is 0. The summed E-state index contributed by atoms with van der Waals surface area (Å²) in [6, 6.07) is 3.62. The Morgan fingerprint density at radius 1 is 1.27 bits per heavy atom. The van der Waals surface area contributed by atoms with Crippen LogP contribution in [-0.2, 0) is 0 Å². The van der Waals surface area contributed by atoms with Crippen LogP contribution in [0.4, 0.5) is 0 Å². The molecular weight excluding hydrogens is 140 g/mol. The van der Waals surface area contributed by atoms with Gasteiger partial charge in [0.05, 0.1) is 7.11 Å². The third kappa shape index (κ3) is 1.45. The molecule has 0 aliphatic heterocycles. The number of ether oxygens (including phenoxy) is 1. The SMILES string of the molecule is COc1cc(C)cc(O)c1C. The van der Waals surface area contributed by atoms with Crippen molar-refractivity contribution >= 4 is 0 Å². The highest BCUT2D eigenvalue weighted by molar-refractivity contribution is 5.45. The topological polar surface area (TPSA) is 29.5 Å². The summed E-state index contributed by atoms with van der Waals surface area (Å²) in [5.41, 5.74) is 1.79. The molecule has 2 nitrogen and oxygen atoms in total. The molecule has 0 atom stereocenters. The molecule has 0 unspecified atom stereocenters. The first kappa shape index (κ1) is 7.92. The first-order chi connectivity index (χ1) is 5.15. The van der Waals surface area contributed by atoms with Crippen LogP contribution in [0.5, 0.6) is 11.5 Å². The molecule has 1 aromatic carbocycles. The molecule has 0 radical (unpaired) electrons. The van der Waals surface area contributed by atoms with Crippen molar-refractivity contribution in [2.24, 2.45) is 0 Å². The molecule has 0 saturated carbocycles. The first-order valence-electron chi connectivity index (χ1n) is 3.49. The highest BCUT2D eigenvalue weighted by atomic mass is 16.5. The summed E-state index contributed by atoms with van der Waals surface area (Å²) < 4.78 is 5.05. The van der Waals surface area contributed by atoms with Crippen LogP contribution in [0.1, 0.15) is 11.1 Å². The molecule has 11 heavy (non-hydrogen) atoms. The quantitative estimate of drug-likeness (QED) is 0.667. The van der Waals surface area contributed by atoms with Gasteiger partial charge >= 0.3 is 0 Å². The van der Waals surface area contributed by atoms with Crippen LogP contribution in [0, 0.1) is 13.8 Å². The van der Waals surface area contributed by atoms with Gasteiger partial charge in [-0.2, -0.15) is 0 Å². The number of hydrogen-bond acceptors (Lipinski definition) is 2. The van der Waals surface area contributed by atoms with Crippen LogP contribution in [0.15, 0.2) is 12.1 Å². The lowest BCUT2D eigenvalue weighted by atomic mass is 10.1. The van der Waals surface area contributed by atoms with Gasteiger partial charge in [0.1, 0.15) is 11.5 Å². The van der Waals surface area contributed by atoms with E-state index in [4.69, 9.17) is 4.74 Å². The second-order valence-corrected chi connectivity index (χ2v) is 2.61. The predicted octanol–water partition coefficient (Wildman–Crippen LogP) is 2.02. The Morgan fingerprint density at radius 3 is 2.45 bits per heavy atom. The van der Waals surface area contributed by atoms with Gasteiger partial charge in [-0.15, -0.1) is 0 Å². The molecule has 1 rings (SSSR count). The normalized spacial score (nSPS) is 9.73. The van der Waals surface area contributed by atoms with Gasteiger partial charge in [-0.1, -0.05) is 0 Å². The lowest BCUT2D eigenvalue weighted by Crippen LogP contribution is -1.88.